The van der Waals surface area contributed by atoms with E-state index in [1.54, 1.807) is 0 Å². The van der Waals surface area contributed by atoms with Crippen molar-refractivity contribution < 1.29 is 4.42 Å². The molecule has 3 aromatic heterocycles. The molecule has 224 valence electrons. The molecule has 0 bridgehead atoms. The number of aromatic nitrogens is 2. The number of allylic oxidation sites excluding steroid dienone is 4. The van der Waals surface area contributed by atoms with E-state index in [0.717, 1.165) is 74.2 Å². The van der Waals surface area contributed by atoms with Gasteiger partial charge in [-0.2, -0.15) is 5.26 Å². The van der Waals surface area contributed by atoms with Gasteiger partial charge in [0, 0.05) is 43.9 Å². The molecule has 0 N–H and O–H groups in total. The van der Waals surface area contributed by atoms with E-state index < -0.39 is 0 Å². The molecule has 0 atom stereocenters. The molecule has 0 saturated heterocycles. The van der Waals surface area contributed by atoms with E-state index in [1.165, 1.54) is 27.4 Å². The van der Waals surface area contributed by atoms with Gasteiger partial charge in [0.25, 0.3) is 0 Å². The Morgan fingerprint density at radius 1 is 0.667 bits per heavy atom. The van der Waals surface area contributed by atoms with Crippen LogP contribution in [0.3, 0.4) is 0 Å². The minimum absolute atomic E-state index is 0.526. The number of fused-ring (bicyclic) bond motifs is 10. The van der Waals surface area contributed by atoms with Crippen molar-refractivity contribution in [2.75, 3.05) is 0 Å². The second kappa shape index (κ2) is 10.3. The van der Waals surface area contributed by atoms with Crippen molar-refractivity contribution in [3.05, 3.63) is 150 Å². The smallest absolute Gasteiger partial charge is 0.134 e. The van der Waals surface area contributed by atoms with E-state index in [0.29, 0.717) is 12.0 Å². The molecule has 4 heteroatoms. The zero-order chi connectivity index (χ0) is 31.8. The molecule has 4 nitrogen and oxygen atoms in total. The van der Waals surface area contributed by atoms with Gasteiger partial charge >= 0.3 is 0 Å². The molecule has 8 aromatic rings. The fourth-order valence-corrected chi connectivity index (χ4v) is 7.93. The number of hydrogen-bond acceptors (Lipinski definition) is 2. The monoisotopic (exact) mass is 613 g/mol. The SMILES string of the molecule is N#Cc1cccc(C2=CC(n3c4ccccc4c4ccccc43)=CCC2)c1-n1c2c(c3ccccc31)-c1c(oc3ccccc13)CC#C2. The highest BCUT2D eigenvalue weighted by Gasteiger charge is 2.28. The van der Waals surface area contributed by atoms with Gasteiger partial charge in [0.2, 0.25) is 0 Å². The molecule has 0 fully saturated rings. The summed E-state index contributed by atoms with van der Waals surface area (Å²) in [5.41, 5.74) is 12.2. The second-order valence-corrected chi connectivity index (χ2v) is 12.5. The zero-order valence-corrected chi connectivity index (χ0v) is 26.0. The first-order valence-corrected chi connectivity index (χ1v) is 16.4. The van der Waals surface area contributed by atoms with E-state index in [2.05, 4.69) is 130 Å². The molecule has 0 spiro atoms. The second-order valence-electron chi connectivity index (χ2n) is 12.5. The number of para-hydroxylation sites is 5. The summed E-state index contributed by atoms with van der Waals surface area (Å²) < 4.78 is 11.0. The first-order chi connectivity index (χ1) is 23.8. The summed E-state index contributed by atoms with van der Waals surface area (Å²) in [5, 5.41) is 15.3. The Hall–Kier alpha value is -6.49. The summed E-state index contributed by atoms with van der Waals surface area (Å²) in [7, 11) is 0. The Kier molecular flexibility index (Phi) is 5.71. The van der Waals surface area contributed by atoms with E-state index in [1.807, 2.05) is 24.3 Å². The van der Waals surface area contributed by atoms with Gasteiger partial charge in [-0.15, -0.1) is 0 Å². The molecular formula is C44H27N3O. The molecule has 10 rings (SSSR count). The topological polar surface area (TPSA) is 46.8 Å². The number of hydrogen-bond donors (Lipinski definition) is 0. The number of benzene rings is 5. The molecule has 3 heterocycles. The summed E-state index contributed by atoms with van der Waals surface area (Å²) in [6, 6.07) is 42.6. The third kappa shape index (κ3) is 3.72. The lowest BCUT2D eigenvalue weighted by atomic mass is 9.92. The summed E-state index contributed by atoms with van der Waals surface area (Å²) >= 11 is 0. The molecule has 0 saturated carbocycles. The van der Waals surface area contributed by atoms with Gasteiger partial charge in [-0.3, -0.25) is 0 Å². The first-order valence-electron chi connectivity index (χ1n) is 16.4. The van der Waals surface area contributed by atoms with Gasteiger partial charge < -0.3 is 13.6 Å². The van der Waals surface area contributed by atoms with Gasteiger partial charge in [-0.1, -0.05) is 96.9 Å². The molecule has 2 aliphatic rings. The number of rotatable bonds is 3. The van der Waals surface area contributed by atoms with Crippen LogP contribution in [0.4, 0.5) is 0 Å². The van der Waals surface area contributed by atoms with Crippen LogP contribution in [0.15, 0.2) is 132 Å². The van der Waals surface area contributed by atoms with Gasteiger partial charge in [0.05, 0.1) is 34.2 Å². The fourth-order valence-electron chi connectivity index (χ4n) is 7.93. The van der Waals surface area contributed by atoms with Crippen LogP contribution in [0.1, 0.15) is 35.4 Å². The minimum atomic E-state index is 0.526. The van der Waals surface area contributed by atoms with Crippen molar-refractivity contribution in [3.63, 3.8) is 0 Å². The van der Waals surface area contributed by atoms with Gasteiger partial charge in [0.1, 0.15) is 23.1 Å². The summed E-state index contributed by atoms with van der Waals surface area (Å²) in [6.07, 6.45) is 6.95. The summed E-state index contributed by atoms with van der Waals surface area (Å²) in [5.74, 6) is 7.84. The highest BCUT2D eigenvalue weighted by Crippen LogP contribution is 2.46. The van der Waals surface area contributed by atoms with Crippen molar-refractivity contribution in [1.82, 2.24) is 9.13 Å². The third-order valence-electron chi connectivity index (χ3n) is 9.90. The molecule has 5 aromatic carbocycles. The number of furan rings is 1. The van der Waals surface area contributed by atoms with Crippen LogP contribution in [0.25, 0.3) is 71.8 Å². The Bertz CT molecular complexity index is 2780. The molecule has 0 amide bonds. The Labute approximate surface area is 277 Å². The number of nitrogens with zero attached hydrogens (tertiary/aromatic N) is 3. The molecule has 48 heavy (non-hydrogen) atoms. The maximum Gasteiger partial charge on any atom is 0.134 e. The van der Waals surface area contributed by atoms with Gasteiger partial charge in [-0.05, 0) is 60.7 Å². The van der Waals surface area contributed by atoms with Crippen molar-refractivity contribution in [3.8, 4) is 34.7 Å². The number of nitriles is 1. The Balaban J connectivity index is 1.24. The van der Waals surface area contributed by atoms with Crippen LogP contribution in [0.2, 0.25) is 0 Å². The van der Waals surface area contributed by atoms with Crippen molar-refractivity contribution in [1.29, 1.82) is 5.26 Å². The van der Waals surface area contributed by atoms with Crippen molar-refractivity contribution >= 4 is 54.9 Å². The van der Waals surface area contributed by atoms with Crippen LogP contribution in [-0.2, 0) is 6.42 Å². The molecule has 2 aliphatic carbocycles. The lowest BCUT2D eigenvalue weighted by molar-refractivity contribution is 0.569. The minimum Gasteiger partial charge on any atom is -0.459 e. The van der Waals surface area contributed by atoms with E-state index >= 15 is 0 Å². The lowest BCUT2D eigenvalue weighted by Gasteiger charge is -2.21. The lowest BCUT2D eigenvalue weighted by Crippen LogP contribution is -2.07. The van der Waals surface area contributed by atoms with Crippen LogP contribution < -0.4 is 0 Å². The summed E-state index contributed by atoms with van der Waals surface area (Å²) in [6.45, 7) is 0. The Morgan fingerprint density at radius 3 is 2.08 bits per heavy atom. The molecule has 0 unspecified atom stereocenters. The Morgan fingerprint density at radius 2 is 1.33 bits per heavy atom. The molecular weight excluding hydrogens is 587 g/mol. The van der Waals surface area contributed by atoms with E-state index in [-0.39, 0.29) is 0 Å². The predicted octanol–water partition coefficient (Wildman–Crippen LogP) is 10.6. The van der Waals surface area contributed by atoms with E-state index in [9.17, 15) is 5.26 Å². The maximum absolute atomic E-state index is 10.6. The van der Waals surface area contributed by atoms with Crippen LogP contribution >= 0.6 is 0 Å². The van der Waals surface area contributed by atoms with Crippen molar-refractivity contribution in [2.45, 2.75) is 19.3 Å². The first kappa shape index (κ1) is 26.7. The predicted molar refractivity (Wildman–Crippen MR) is 195 cm³/mol. The van der Waals surface area contributed by atoms with Crippen LogP contribution in [-0.4, -0.2) is 9.13 Å². The standard InChI is InChI=1S/C44H27N3O/c45-27-29-13-10-19-31(28-12-9-14-30(26-28)46-36-20-5-1-15-32(36)33-16-2-6-21-37(33)46)44(29)47-38-22-7-3-17-34(38)42-39(47)23-11-25-41-43(42)35-18-4-8-24-40(35)48-41/h1-8,10,13-22,24,26H,9,12,25H2. The van der Waals surface area contributed by atoms with Crippen LogP contribution in [0.5, 0.6) is 0 Å². The average Bonchev–Trinajstić information content (AvgIpc) is 3.74. The third-order valence-corrected chi connectivity index (χ3v) is 9.90. The average molecular weight is 614 g/mol. The maximum atomic E-state index is 10.6. The largest absolute Gasteiger partial charge is 0.459 e. The van der Waals surface area contributed by atoms with Crippen molar-refractivity contribution in [2.24, 2.45) is 0 Å². The normalized spacial score (nSPS) is 13.8. The molecule has 0 aliphatic heterocycles. The van der Waals surface area contributed by atoms with E-state index in [4.69, 9.17) is 4.42 Å². The highest BCUT2D eigenvalue weighted by atomic mass is 16.3. The molecule has 0 radical (unpaired) electrons. The van der Waals surface area contributed by atoms with Crippen LogP contribution in [0, 0.1) is 23.2 Å². The van der Waals surface area contributed by atoms with Gasteiger partial charge in [0.15, 0.2) is 0 Å². The fraction of sp³-hybridized carbons (Fsp3) is 0.0682. The highest BCUT2D eigenvalue weighted by molar-refractivity contribution is 6.11. The zero-order valence-electron chi connectivity index (χ0n) is 26.0. The quantitative estimate of drug-likeness (QED) is 0.186. The van der Waals surface area contributed by atoms with Gasteiger partial charge in [-0.25, -0.2) is 0 Å². The summed E-state index contributed by atoms with van der Waals surface area (Å²) in [4.78, 5) is 0.